The lowest BCUT2D eigenvalue weighted by Crippen LogP contribution is -2.21. The summed E-state index contributed by atoms with van der Waals surface area (Å²) in [7, 11) is 0. The Kier molecular flexibility index (Phi) is 5.69. The molecule has 1 aromatic rings. The molecule has 0 unspecified atom stereocenters. The van der Waals surface area contributed by atoms with Gasteiger partial charge in [0.2, 0.25) is 0 Å². The molecular formula is C20H30O2. The third-order valence-corrected chi connectivity index (χ3v) is 5.05. The molecule has 0 aromatic heterocycles. The SMILES string of the molecule is CC(C)=CCC[C@H](C)[C@@H]1CC[C@@H](CO)c2c(O)cc(C)cc21. The number of benzene rings is 1. The van der Waals surface area contributed by atoms with Crippen molar-refractivity contribution in [3.05, 3.63) is 40.5 Å². The van der Waals surface area contributed by atoms with E-state index in [-0.39, 0.29) is 12.5 Å². The van der Waals surface area contributed by atoms with Crippen molar-refractivity contribution >= 4 is 0 Å². The average molecular weight is 302 g/mol. The molecule has 3 atom stereocenters. The molecule has 0 amide bonds. The second kappa shape index (κ2) is 7.32. The lowest BCUT2D eigenvalue weighted by Gasteiger charge is -2.35. The normalized spacial score (nSPS) is 22.0. The van der Waals surface area contributed by atoms with Gasteiger partial charge in [0.15, 0.2) is 0 Å². The fraction of sp³-hybridized carbons (Fsp3) is 0.600. The van der Waals surface area contributed by atoms with Crippen molar-refractivity contribution < 1.29 is 10.2 Å². The van der Waals surface area contributed by atoms with Crippen LogP contribution in [0.25, 0.3) is 0 Å². The summed E-state index contributed by atoms with van der Waals surface area (Å²) < 4.78 is 0. The molecule has 122 valence electrons. The van der Waals surface area contributed by atoms with E-state index in [0.29, 0.717) is 17.6 Å². The van der Waals surface area contributed by atoms with Gasteiger partial charge in [-0.05, 0) is 75.5 Å². The van der Waals surface area contributed by atoms with Gasteiger partial charge in [0.05, 0.1) is 6.61 Å². The van der Waals surface area contributed by atoms with Gasteiger partial charge in [0, 0.05) is 11.5 Å². The summed E-state index contributed by atoms with van der Waals surface area (Å²) >= 11 is 0. The molecule has 2 N–H and O–H groups in total. The predicted molar refractivity (Wildman–Crippen MR) is 92.5 cm³/mol. The summed E-state index contributed by atoms with van der Waals surface area (Å²) in [5.41, 5.74) is 4.76. The summed E-state index contributed by atoms with van der Waals surface area (Å²) in [4.78, 5) is 0. The third kappa shape index (κ3) is 3.73. The first kappa shape index (κ1) is 17.1. The maximum Gasteiger partial charge on any atom is 0.119 e. The largest absolute Gasteiger partial charge is 0.508 e. The molecule has 0 heterocycles. The highest BCUT2D eigenvalue weighted by Crippen LogP contribution is 2.47. The first-order valence-electron chi connectivity index (χ1n) is 8.51. The standard InChI is InChI=1S/C20H30O2/c1-13(2)6-5-7-15(4)17-9-8-16(12-21)20-18(17)10-14(3)11-19(20)22/h6,10-11,15-17,21-22H,5,7-9,12H2,1-4H3/t15-,16-,17-/m0/s1. The Morgan fingerprint density at radius 3 is 2.68 bits per heavy atom. The van der Waals surface area contributed by atoms with Gasteiger partial charge in [-0.1, -0.05) is 24.6 Å². The molecule has 0 saturated heterocycles. The van der Waals surface area contributed by atoms with Gasteiger partial charge in [-0.15, -0.1) is 0 Å². The van der Waals surface area contributed by atoms with Crippen molar-refractivity contribution in [2.24, 2.45) is 5.92 Å². The molecule has 0 aliphatic heterocycles. The van der Waals surface area contributed by atoms with Crippen LogP contribution in [0.5, 0.6) is 5.75 Å². The van der Waals surface area contributed by atoms with E-state index in [9.17, 15) is 10.2 Å². The number of rotatable bonds is 5. The Labute approximate surface area is 134 Å². The van der Waals surface area contributed by atoms with E-state index in [1.165, 1.54) is 17.6 Å². The van der Waals surface area contributed by atoms with E-state index >= 15 is 0 Å². The highest BCUT2D eigenvalue weighted by atomic mass is 16.3. The molecule has 0 saturated carbocycles. The number of hydrogen-bond acceptors (Lipinski definition) is 2. The van der Waals surface area contributed by atoms with Gasteiger partial charge in [-0.3, -0.25) is 0 Å². The van der Waals surface area contributed by atoms with Crippen LogP contribution in [-0.2, 0) is 0 Å². The summed E-state index contributed by atoms with van der Waals surface area (Å²) in [6, 6.07) is 4.05. The van der Waals surface area contributed by atoms with Crippen LogP contribution >= 0.6 is 0 Å². The molecule has 1 aliphatic rings. The van der Waals surface area contributed by atoms with E-state index in [2.05, 4.69) is 32.9 Å². The maximum atomic E-state index is 10.4. The fourth-order valence-corrected chi connectivity index (χ4v) is 3.85. The van der Waals surface area contributed by atoms with E-state index in [0.717, 1.165) is 30.4 Å². The zero-order valence-electron chi connectivity index (χ0n) is 14.4. The Bertz CT molecular complexity index is 541. The molecule has 0 bridgehead atoms. The molecule has 0 radical (unpaired) electrons. The van der Waals surface area contributed by atoms with Gasteiger partial charge >= 0.3 is 0 Å². The quantitative estimate of drug-likeness (QED) is 0.748. The van der Waals surface area contributed by atoms with Crippen LogP contribution < -0.4 is 0 Å². The second-order valence-corrected chi connectivity index (χ2v) is 7.19. The zero-order valence-corrected chi connectivity index (χ0v) is 14.4. The topological polar surface area (TPSA) is 40.5 Å². The molecular weight excluding hydrogens is 272 g/mol. The van der Waals surface area contributed by atoms with Crippen molar-refractivity contribution in [2.45, 2.75) is 65.2 Å². The number of aromatic hydroxyl groups is 1. The Hall–Kier alpha value is -1.28. The number of aryl methyl sites for hydroxylation is 1. The van der Waals surface area contributed by atoms with E-state index in [4.69, 9.17) is 0 Å². The van der Waals surface area contributed by atoms with Gasteiger partial charge < -0.3 is 10.2 Å². The summed E-state index contributed by atoms with van der Waals surface area (Å²) in [5.74, 6) is 1.55. The number of hydrogen-bond donors (Lipinski definition) is 2. The van der Waals surface area contributed by atoms with Crippen LogP contribution in [0.3, 0.4) is 0 Å². The minimum absolute atomic E-state index is 0.0943. The molecule has 1 aliphatic carbocycles. The monoisotopic (exact) mass is 302 g/mol. The van der Waals surface area contributed by atoms with Gasteiger partial charge in [-0.25, -0.2) is 0 Å². The van der Waals surface area contributed by atoms with Gasteiger partial charge in [-0.2, -0.15) is 0 Å². The fourth-order valence-electron chi connectivity index (χ4n) is 3.85. The van der Waals surface area contributed by atoms with Crippen molar-refractivity contribution in [1.29, 1.82) is 0 Å². The summed E-state index contributed by atoms with van der Waals surface area (Å²) in [6.07, 6.45) is 6.68. The van der Waals surface area contributed by atoms with E-state index in [1.54, 1.807) is 0 Å². The first-order chi connectivity index (χ1) is 10.4. The molecule has 0 fully saturated rings. The van der Waals surface area contributed by atoms with Gasteiger partial charge in [0.25, 0.3) is 0 Å². The number of fused-ring (bicyclic) bond motifs is 1. The van der Waals surface area contributed by atoms with Crippen LogP contribution in [0, 0.1) is 12.8 Å². The minimum atomic E-state index is 0.0943. The summed E-state index contributed by atoms with van der Waals surface area (Å²) in [6.45, 7) is 8.78. The van der Waals surface area contributed by atoms with Gasteiger partial charge in [0.1, 0.15) is 5.75 Å². The Morgan fingerprint density at radius 2 is 2.05 bits per heavy atom. The van der Waals surface area contributed by atoms with Crippen LogP contribution in [0.15, 0.2) is 23.8 Å². The predicted octanol–water partition coefficient (Wildman–Crippen LogP) is 5.04. The van der Waals surface area contributed by atoms with Crippen molar-refractivity contribution in [3.8, 4) is 5.75 Å². The van der Waals surface area contributed by atoms with Crippen LogP contribution in [0.4, 0.5) is 0 Å². The Morgan fingerprint density at radius 1 is 1.32 bits per heavy atom. The van der Waals surface area contributed by atoms with Crippen molar-refractivity contribution in [1.82, 2.24) is 0 Å². The van der Waals surface area contributed by atoms with Crippen LogP contribution in [0.2, 0.25) is 0 Å². The molecule has 1 aromatic carbocycles. The zero-order chi connectivity index (χ0) is 16.3. The number of phenols is 1. The smallest absolute Gasteiger partial charge is 0.119 e. The molecule has 2 nitrogen and oxygen atoms in total. The molecule has 0 spiro atoms. The first-order valence-corrected chi connectivity index (χ1v) is 8.51. The lowest BCUT2D eigenvalue weighted by molar-refractivity contribution is 0.236. The van der Waals surface area contributed by atoms with Crippen molar-refractivity contribution in [2.75, 3.05) is 6.61 Å². The highest BCUT2D eigenvalue weighted by molar-refractivity contribution is 5.48. The third-order valence-electron chi connectivity index (χ3n) is 5.05. The molecule has 22 heavy (non-hydrogen) atoms. The van der Waals surface area contributed by atoms with Crippen molar-refractivity contribution in [3.63, 3.8) is 0 Å². The number of aliphatic hydroxyl groups excluding tert-OH is 1. The highest BCUT2D eigenvalue weighted by Gasteiger charge is 2.32. The molecule has 2 rings (SSSR count). The Balaban J connectivity index is 2.26. The second-order valence-electron chi connectivity index (χ2n) is 7.19. The van der Waals surface area contributed by atoms with Crippen LogP contribution in [0.1, 0.15) is 75.0 Å². The summed E-state index contributed by atoms with van der Waals surface area (Å²) in [5, 5.41) is 20.0. The average Bonchev–Trinajstić information content (AvgIpc) is 2.45. The molecule has 2 heteroatoms. The number of allylic oxidation sites excluding steroid dienone is 2. The number of aliphatic hydroxyl groups is 1. The maximum absolute atomic E-state index is 10.4. The number of phenolic OH excluding ortho intramolecular Hbond substituents is 1. The van der Waals surface area contributed by atoms with E-state index < -0.39 is 0 Å². The minimum Gasteiger partial charge on any atom is -0.508 e. The van der Waals surface area contributed by atoms with E-state index in [1.807, 2.05) is 13.0 Å². The lowest BCUT2D eigenvalue weighted by atomic mass is 9.70. The van der Waals surface area contributed by atoms with Crippen LogP contribution in [-0.4, -0.2) is 16.8 Å².